The lowest BCUT2D eigenvalue weighted by Gasteiger charge is -2.19. The fourth-order valence-corrected chi connectivity index (χ4v) is 3.31. The van der Waals surface area contributed by atoms with Gasteiger partial charge in [0.05, 0.1) is 9.21 Å². The fourth-order valence-electron chi connectivity index (χ4n) is 2.31. The van der Waals surface area contributed by atoms with Gasteiger partial charge in [-0.05, 0) is 36.2 Å². The molecule has 1 N–H and O–H groups in total. The van der Waals surface area contributed by atoms with E-state index in [0.717, 1.165) is 25.1 Å². The van der Waals surface area contributed by atoms with Crippen LogP contribution in [0.2, 0.25) is 4.34 Å². The molecule has 18 heavy (non-hydrogen) atoms. The normalized spacial score (nSPS) is 14.3. The minimum atomic E-state index is 0.0886. The number of rotatable bonds is 2. The van der Waals surface area contributed by atoms with Crippen LogP contribution in [0.15, 0.2) is 30.3 Å². The van der Waals surface area contributed by atoms with Crippen LogP contribution in [-0.2, 0) is 13.0 Å². The Hall–Kier alpha value is -1.16. The van der Waals surface area contributed by atoms with Crippen molar-refractivity contribution >= 4 is 28.7 Å². The largest absolute Gasteiger partial charge is 0.312 e. The van der Waals surface area contributed by atoms with Crippen molar-refractivity contribution < 1.29 is 4.79 Å². The third-order valence-electron chi connectivity index (χ3n) is 3.18. The van der Waals surface area contributed by atoms with Gasteiger partial charge in [0.15, 0.2) is 0 Å². The number of fused-ring (bicyclic) bond motifs is 1. The summed E-state index contributed by atoms with van der Waals surface area (Å²) >= 11 is 7.23. The van der Waals surface area contributed by atoms with Gasteiger partial charge < -0.3 is 5.32 Å². The van der Waals surface area contributed by atoms with Gasteiger partial charge in [0, 0.05) is 12.1 Å². The first-order valence-corrected chi connectivity index (χ1v) is 7.06. The van der Waals surface area contributed by atoms with E-state index in [2.05, 4.69) is 11.4 Å². The molecule has 1 aromatic heterocycles. The second-order valence-electron chi connectivity index (χ2n) is 4.30. The average Bonchev–Trinajstić information content (AvgIpc) is 2.84. The maximum atomic E-state index is 12.5. The third-order valence-corrected chi connectivity index (χ3v) is 4.41. The first-order valence-electron chi connectivity index (χ1n) is 5.87. The van der Waals surface area contributed by atoms with Crippen molar-refractivity contribution in [2.24, 2.45) is 0 Å². The number of benzene rings is 1. The number of carbonyl (C=O) groups is 1. The van der Waals surface area contributed by atoms with Crippen molar-refractivity contribution in [2.75, 3.05) is 6.54 Å². The van der Waals surface area contributed by atoms with Gasteiger partial charge in [-0.3, -0.25) is 4.79 Å². The smallest absolute Gasteiger partial charge is 0.203 e. The molecule has 0 saturated heterocycles. The maximum absolute atomic E-state index is 12.5. The number of hydrogen-bond acceptors (Lipinski definition) is 3. The van der Waals surface area contributed by atoms with E-state index in [0.29, 0.717) is 9.21 Å². The lowest BCUT2D eigenvalue weighted by molar-refractivity contribution is 0.104. The van der Waals surface area contributed by atoms with Crippen molar-refractivity contribution in [1.82, 2.24) is 5.32 Å². The highest BCUT2D eigenvalue weighted by molar-refractivity contribution is 7.18. The number of ketones is 1. The van der Waals surface area contributed by atoms with Gasteiger partial charge in [-0.25, -0.2) is 0 Å². The fraction of sp³-hybridized carbons (Fsp3) is 0.214. The van der Waals surface area contributed by atoms with Crippen molar-refractivity contribution in [3.8, 4) is 0 Å². The molecule has 2 heterocycles. The van der Waals surface area contributed by atoms with Crippen LogP contribution in [0.4, 0.5) is 0 Å². The summed E-state index contributed by atoms with van der Waals surface area (Å²) in [6.45, 7) is 1.78. The summed E-state index contributed by atoms with van der Waals surface area (Å²) in [5, 5.41) is 3.32. The molecular weight excluding hydrogens is 266 g/mol. The summed E-state index contributed by atoms with van der Waals surface area (Å²) in [5.41, 5.74) is 3.24. The SMILES string of the molecule is O=C(c1ccc(Cl)s1)c1cccc2c1CCNC2. The summed E-state index contributed by atoms with van der Waals surface area (Å²) in [4.78, 5) is 13.2. The molecule has 4 heteroatoms. The Kier molecular flexibility index (Phi) is 3.20. The van der Waals surface area contributed by atoms with E-state index in [4.69, 9.17) is 11.6 Å². The Labute approximate surface area is 115 Å². The molecule has 1 aromatic carbocycles. The number of hydrogen-bond donors (Lipinski definition) is 1. The summed E-state index contributed by atoms with van der Waals surface area (Å²) in [7, 11) is 0. The average molecular weight is 278 g/mol. The highest BCUT2D eigenvalue weighted by Gasteiger charge is 2.19. The Morgan fingerprint density at radius 3 is 2.94 bits per heavy atom. The Morgan fingerprint density at radius 2 is 2.17 bits per heavy atom. The van der Waals surface area contributed by atoms with Crippen LogP contribution in [-0.4, -0.2) is 12.3 Å². The molecule has 2 aromatic rings. The Bertz CT molecular complexity index is 606. The van der Waals surface area contributed by atoms with Crippen LogP contribution in [0.3, 0.4) is 0 Å². The first-order chi connectivity index (χ1) is 8.75. The topological polar surface area (TPSA) is 29.1 Å². The minimum Gasteiger partial charge on any atom is -0.312 e. The van der Waals surface area contributed by atoms with E-state index in [1.54, 1.807) is 12.1 Å². The summed E-state index contributed by atoms with van der Waals surface area (Å²) in [6.07, 6.45) is 0.913. The zero-order valence-electron chi connectivity index (χ0n) is 9.70. The van der Waals surface area contributed by atoms with E-state index in [9.17, 15) is 4.79 Å². The molecule has 0 aliphatic carbocycles. The highest BCUT2D eigenvalue weighted by Crippen LogP contribution is 2.27. The van der Waals surface area contributed by atoms with Crippen molar-refractivity contribution in [2.45, 2.75) is 13.0 Å². The molecule has 92 valence electrons. The van der Waals surface area contributed by atoms with Crippen LogP contribution >= 0.6 is 22.9 Å². The molecule has 2 nitrogen and oxygen atoms in total. The van der Waals surface area contributed by atoms with E-state index < -0.39 is 0 Å². The van der Waals surface area contributed by atoms with Gasteiger partial charge in [-0.2, -0.15) is 0 Å². The number of nitrogens with one attached hydrogen (secondary N) is 1. The summed E-state index contributed by atoms with van der Waals surface area (Å²) in [6, 6.07) is 9.53. The van der Waals surface area contributed by atoms with E-state index >= 15 is 0 Å². The van der Waals surface area contributed by atoms with E-state index in [1.165, 1.54) is 22.5 Å². The molecule has 0 bridgehead atoms. The monoisotopic (exact) mass is 277 g/mol. The molecule has 3 rings (SSSR count). The molecule has 1 aliphatic heterocycles. The third kappa shape index (κ3) is 2.09. The molecule has 1 aliphatic rings. The predicted octanol–water partition coefficient (Wildman–Crippen LogP) is 3.28. The van der Waals surface area contributed by atoms with Crippen molar-refractivity contribution in [1.29, 1.82) is 0 Å². The molecule has 0 saturated carbocycles. The van der Waals surface area contributed by atoms with Crippen molar-refractivity contribution in [3.63, 3.8) is 0 Å². The summed E-state index contributed by atoms with van der Waals surface area (Å²) in [5.74, 6) is 0.0886. The molecular formula is C14H12ClNOS. The zero-order valence-corrected chi connectivity index (χ0v) is 11.3. The molecule has 0 unspecified atom stereocenters. The molecule has 0 radical (unpaired) electrons. The summed E-state index contributed by atoms with van der Waals surface area (Å²) < 4.78 is 0.657. The van der Waals surface area contributed by atoms with Crippen LogP contribution < -0.4 is 5.32 Å². The quantitative estimate of drug-likeness (QED) is 0.854. The molecule has 0 atom stereocenters. The minimum absolute atomic E-state index is 0.0886. The van der Waals surface area contributed by atoms with Crippen LogP contribution in [0.5, 0.6) is 0 Å². The van der Waals surface area contributed by atoms with Gasteiger partial charge in [0.1, 0.15) is 0 Å². The second kappa shape index (κ2) is 4.84. The van der Waals surface area contributed by atoms with E-state index in [1.807, 2.05) is 12.1 Å². The molecule has 0 fully saturated rings. The zero-order chi connectivity index (χ0) is 12.5. The van der Waals surface area contributed by atoms with Gasteiger partial charge >= 0.3 is 0 Å². The van der Waals surface area contributed by atoms with Crippen LogP contribution in [0.25, 0.3) is 0 Å². The Morgan fingerprint density at radius 1 is 1.28 bits per heavy atom. The molecule has 0 amide bonds. The number of carbonyl (C=O) groups excluding carboxylic acids is 1. The van der Waals surface area contributed by atoms with Crippen molar-refractivity contribution in [3.05, 3.63) is 56.2 Å². The lowest BCUT2D eigenvalue weighted by Crippen LogP contribution is -2.25. The predicted molar refractivity (Wildman–Crippen MR) is 74.6 cm³/mol. The number of halogens is 1. The van der Waals surface area contributed by atoms with Gasteiger partial charge in [0.25, 0.3) is 0 Å². The maximum Gasteiger partial charge on any atom is 0.203 e. The van der Waals surface area contributed by atoms with E-state index in [-0.39, 0.29) is 5.78 Å². The lowest BCUT2D eigenvalue weighted by atomic mass is 9.93. The first kappa shape index (κ1) is 11.9. The molecule has 0 spiro atoms. The Balaban J connectivity index is 2.04. The van der Waals surface area contributed by atoms with Gasteiger partial charge in [0.2, 0.25) is 5.78 Å². The van der Waals surface area contributed by atoms with Gasteiger partial charge in [-0.15, -0.1) is 11.3 Å². The van der Waals surface area contributed by atoms with Crippen LogP contribution in [0, 0.1) is 0 Å². The second-order valence-corrected chi connectivity index (χ2v) is 6.02. The highest BCUT2D eigenvalue weighted by atomic mass is 35.5. The van der Waals surface area contributed by atoms with Gasteiger partial charge in [-0.1, -0.05) is 29.8 Å². The standard InChI is InChI=1S/C14H12ClNOS/c15-13-5-4-12(18-13)14(17)11-3-1-2-9-8-16-7-6-10(9)11/h1-5,16H,6-8H2. The number of thiophene rings is 1. The van der Waals surface area contributed by atoms with Crippen LogP contribution in [0.1, 0.15) is 26.4 Å².